The number of rotatable bonds is 2. The maximum atomic E-state index is 5.41. The largest absolute Gasteiger partial charge is 0.364 e. The molecule has 58 valence electrons. The van der Waals surface area contributed by atoms with Gasteiger partial charge in [0.05, 0.1) is 6.10 Å². The average molecular weight is 213 g/mol. The number of hydrogen-bond acceptors (Lipinski definition) is 1. The third-order valence-corrected chi connectivity index (χ3v) is 2.50. The second kappa shape index (κ2) is 2.95. The predicted molar refractivity (Wildman–Crippen MR) is 47.9 cm³/mol. The van der Waals surface area contributed by atoms with Crippen LogP contribution < -0.4 is 0 Å². The van der Waals surface area contributed by atoms with E-state index in [9.17, 15) is 0 Å². The molecule has 11 heavy (non-hydrogen) atoms. The van der Waals surface area contributed by atoms with Crippen LogP contribution in [-0.4, -0.2) is 11.4 Å². The van der Waals surface area contributed by atoms with Crippen molar-refractivity contribution in [2.45, 2.75) is 12.2 Å². The van der Waals surface area contributed by atoms with Gasteiger partial charge in [0.2, 0.25) is 0 Å². The molecule has 1 heterocycles. The first kappa shape index (κ1) is 7.32. The van der Waals surface area contributed by atoms with Crippen LogP contribution in [0.1, 0.15) is 11.7 Å². The Morgan fingerprint density at radius 2 is 2.00 bits per heavy atom. The number of epoxide rings is 1. The van der Waals surface area contributed by atoms with E-state index in [-0.39, 0.29) is 0 Å². The summed E-state index contributed by atoms with van der Waals surface area (Å²) < 4.78 is 5.41. The lowest BCUT2D eigenvalue weighted by Gasteiger charge is -1.91. The van der Waals surface area contributed by atoms with E-state index in [1.807, 2.05) is 18.2 Å². The first-order chi connectivity index (χ1) is 5.42. The van der Waals surface area contributed by atoms with Crippen LogP contribution in [0.2, 0.25) is 0 Å². The molecule has 0 spiro atoms. The number of alkyl halides is 1. The molecule has 1 aromatic carbocycles. The average Bonchev–Trinajstić information content (AvgIpc) is 2.85. The van der Waals surface area contributed by atoms with Gasteiger partial charge in [-0.05, 0) is 5.56 Å². The van der Waals surface area contributed by atoms with Crippen molar-refractivity contribution in [1.82, 2.24) is 0 Å². The summed E-state index contributed by atoms with van der Waals surface area (Å²) in [7, 11) is 0. The van der Waals surface area contributed by atoms with Crippen LogP contribution in [0.4, 0.5) is 0 Å². The molecule has 0 bridgehead atoms. The Balaban J connectivity index is 2.09. The lowest BCUT2D eigenvalue weighted by atomic mass is 10.1. The molecule has 0 saturated carbocycles. The van der Waals surface area contributed by atoms with Gasteiger partial charge in [-0.15, -0.1) is 0 Å². The van der Waals surface area contributed by atoms with E-state index in [0.717, 1.165) is 5.33 Å². The Morgan fingerprint density at radius 1 is 1.27 bits per heavy atom. The highest BCUT2D eigenvalue weighted by atomic mass is 79.9. The number of ether oxygens (including phenoxy) is 1. The van der Waals surface area contributed by atoms with E-state index >= 15 is 0 Å². The van der Waals surface area contributed by atoms with Gasteiger partial charge in [-0.25, -0.2) is 0 Å². The quantitative estimate of drug-likeness (QED) is 0.543. The Labute approximate surface area is 74.5 Å². The summed E-state index contributed by atoms with van der Waals surface area (Å²) >= 11 is 3.39. The van der Waals surface area contributed by atoms with Gasteiger partial charge in [0, 0.05) is 5.33 Å². The van der Waals surface area contributed by atoms with Crippen LogP contribution in [0.25, 0.3) is 0 Å². The van der Waals surface area contributed by atoms with E-state index < -0.39 is 0 Å². The van der Waals surface area contributed by atoms with E-state index in [1.165, 1.54) is 5.56 Å². The Kier molecular flexibility index (Phi) is 1.96. The smallest absolute Gasteiger partial charge is 0.110 e. The van der Waals surface area contributed by atoms with Crippen LogP contribution in [0.5, 0.6) is 0 Å². The fraction of sp³-hybridized carbons (Fsp3) is 0.333. The predicted octanol–water partition coefficient (Wildman–Crippen LogP) is 2.52. The molecule has 2 heteroatoms. The first-order valence-corrected chi connectivity index (χ1v) is 4.80. The van der Waals surface area contributed by atoms with Crippen LogP contribution in [0, 0.1) is 0 Å². The van der Waals surface area contributed by atoms with Crippen molar-refractivity contribution in [1.29, 1.82) is 0 Å². The zero-order chi connectivity index (χ0) is 7.68. The molecule has 1 saturated heterocycles. The fourth-order valence-corrected chi connectivity index (χ4v) is 1.69. The third-order valence-electron chi connectivity index (χ3n) is 1.86. The lowest BCUT2D eigenvalue weighted by Crippen LogP contribution is -1.87. The van der Waals surface area contributed by atoms with Gasteiger partial charge < -0.3 is 4.74 Å². The molecule has 0 unspecified atom stereocenters. The van der Waals surface area contributed by atoms with E-state index in [4.69, 9.17) is 4.74 Å². The minimum atomic E-state index is 0.343. The van der Waals surface area contributed by atoms with E-state index in [2.05, 4.69) is 28.1 Å². The van der Waals surface area contributed by atoms with Crippen LogP contribution in [-0.2, 0) is 4.74 Å². The zero-order valence-electron chi connectivity index (χ0n) is 6.03. The molecule has 0 radical (unpaired) electrons. The summed E-state index contributed by atoms with van der Waals surface area (Å²) in [6.45, 7) is 0. The van der Waals surface area contributed by atoms with Gasteiger partial charge in [-0.2, -0.15) is 0 Å². The zero-order valence-corrected chi connectivity index (χ0v) is 7.62. The van der Waals surface area contributed by atoms with Gasteiger partial charge in [0.1, 0.15) is 6.10 Å². The second-order valence-corrected chi connectivity index (χ2v) is 3.31. The molecule has 0 amide bonds. The number of hydrogen-bond donors (Lipinski definition) is 0. The molecule has 1 aliphatic rings. The Morgan fingerprint density at radius 3 is 2.55 bits per heavy atom. The maximum Gasteiger partial charge on any atom is 0.110 e. The summed E-state index contributed by atoms with van der Waals surface area (Å²) in [6.07, 6.45) is 0.743. The van der Waals surface area contributed by atoms with Gasteiger partial charge >= 0.3 is 0 Å². The van der Waals surface area contributed by atoms with Crippen LogP contribution in [0.3, 0.4) is 0 Å². The molecule has 1 nitrogen and oxygen atoms in total. The Bertz CT molecular complexity index is 235. The molecule has 0 N–H and O–H groups in total. The van der Waals surface area contributed by atoms with Crippen molar-refractivity contribution in [3.63, 3.8) is 0 Å². The van der Waals surface area contributed by atoms with E-state index in [0.29, 0.717) is 12.2 Å². The van der Waals surface area contributed by atoms with Crippen molar-refractivity contribution < 1.29 is 4.74 Å². The minimum absolute atomic E-state index is 0.343. The van der Waals surface area contributed by atoms with Crippen molar-refractivity contribution in [3.8, 4) is 0 Å². The monoisotopic (exact) mass is 212 g/mol. The molecular weight excluding hydrogens is 204 g/mol. The number of halogens is 1. The summed E-state index contributed by atoms with van der Waals surface area (Å²) in [6, 6.07) is 10.3. The maximum absolute atomic E-state index is 5.41. The van der Waals surface area contributed by atoms with Crippen molar-refractivity contribution in [3.05, 3.63) is 35.9 Å². The lowest BCUT2D eigenvalue weighted by molar-refractivity contribution is 0.385. The fourth-order valence-electron chi connectivity index (χ4n) is 1.20. The Hall–Kier alpha value is -0.340. The van der Waals surface area contributed by atoms with Crippen molar-refractivity contribution in [2.75, 3.05) is 5.33 Å². The molecule has 2 atom stereocenters. The molecule has 2 rings (SSSR count). The van der Waals surface area contributed by atoms with Gasteiger partial charge in [0.25, 0.3) is 0 Å². The molecule has 1 aromatic rings. The van der Waals surface area contributed by atoms with E-state index in [1.54, 1.807) is 0 Å². The topological polar surface area (TPSA) is 12.5 Å². The van der Waals surface area contributed by atoms with Gasteiger partial charge in [-0.1, -0.05) is 46.3 Å². The van der Waals surface area contributed by atoms with Gasteiger partial charge in [-0.3, -0.25) is 0 Å². The molecule has 1 aliphatic heterocycles. The highest BCUT2D eigenvalue weighted by Crippen LogP contribution is 2.39. The normalized spacial score (nSPS) is 28.5. The number of benzene rings is 1. The van der Waals surface area contributed by atoms with Crippen molar-refractivity contribution >= 4 is 15.9 Å². The van der Waals surface area contributed by atoms with Crippen LogP contribution in [0.15, 0.2) is 30.3 Å². The standard InChI is InChI=1S/C9H9BrO/c10-6-8-9(11-8)7-4-2-1-3-5-7/h1-5,8-9H,6H2/t8-,9-/m0/s1. The minimum Gasteiger partial charge on any atom is -0.364 e. The molecule has 0 aromatic heterocycles. The highest BCUT2D eigenvalue weighted by Gasteiger charge is 2.38. The van der Waals surface area contributed by atoms with Crippen LogP contribution >= 0.6 is 15.9 Å². The summed E-state index contributed by atoms with van der Waals surface area (Å²) in [5, 5.41) is 0.937. The summed E-state index contributed by atoms with van der Waals surface area (Å²) in [5.74, 6) is 0. The summed E-state index contributed by atoms with van der Waals surface area (Å²) in [4.78, 5) is 0. The van der Waals surface area contributed by atoms with Gasteiger partial charge in [0.15, 0.2) is 0 Å². The third kappa shape index (κ3) is 1.47. The highest BCUT2D eigenvalue weighted by molar-refractivity contribution is 9.09. The molecular formula is C9H9BrO. The molecule has 0 aliphatic carbocycles. The SMILES string of the molecule is BrC[C@@H]1O[C@H]1c1ccccc1. The summed E-state index contributed by atoms with van der Waals surface area (Å²) in [5.41, 5.74) is 1.29. The first-order valence-electron chi connectivity index (χ1n) is 3.68. The second-order valence-electron chi connectivity index (χ2n) is 2.66. The van der Waals surface area contributed by atoms with Crippen molar-refractivity contribution in [2.24, 2.45) is 0 Å². The molecule has 1 fully saturated rings.